The van der Waals surface area contributed by atoms with E-state index < -0.39 is 0 Å². The van der Waals surface area contributed by atoms with Gasteiger partial charge in [0.15, 0.2) is 0 Å². The van der Waals surface area contributed by atoms with Crippen molar-refractivity contribution in [3.63, 3.8) is 0 Å². The van der Waals surface area contributed by atoms with Crippen LogP contribution < -0.4 is 0 Å². The number of ether oxygens (including phenoxy) is 1. The summed E-state index contributed by atoms with van der Waals surface area (Å²) >= 11 is 0. The second-order valence-corrected chi connectivity index (χ2v) is 8.64. The Bertz CT molecular complexity index is 496. The van der Waals surface area contributed by atoms with Crippen LogP contribution in [0.1, 0.15) is 38.7 Å². The van der Waals surface area contributed by atoms with Crippen LogP contribution in [-0.4, -0.2) is 75.0 Å². The highest BCUT2D eigenvalue weighted by molar-refractivity contribution is 5.15. The van der Waals surface area contributed by atoms with Crippen molar-refractivity contribution >= 4 is 0 Å². The first-order valence-electron chi connectivity index (χ1n) is 10.2. The maximum absolute atomic E-state index is 6.59. The van der Waals surface area contributed by atoms with E-state index in [2.05, 4.69) is 65.3 Å². The third-order valence-electron chi connectivity index (χ3n) is 6.58. The van der Waals surface area contributed by atoms with Gasteiger partial charge in [-0.3, -0.25) is 0 Å². The molecule has 3 nitrogen and oxygen atoms in total. The van der Waals surface area contributed by atoms with Gasteiger partial charge in [-0.05, 0) is 32.3 Å². The van der Waals surface area contributed by atoms with Crippen LogP contribution in [0.2, 0.25) is 0 Å². The molecule has 1 saturated heterocycles. The zero-order chi connectivity index (χ0) is 18.3. The van der Waals surface area contributed by atoms with Crippen molar-refractivity contribution in [2.45, 2.75) is 51.7 Å². The summed E-state index contributed by atoms with van der Waals surface area (Å²) in [6, 6.07) is 11.5. The van der Waals surface area contributed by atoms with Gasteiger partial charge in [0.2, 0.25) is 0 Å². The summed E-state index contributed by atoms with van der Waals surface area (Å²) in [5.41, 5.74) is 1.40. The molecule has 0 amide bonds. The van der Waals surface area contributed by atoms with E-state index >= 15 is 0 Å². The lowest BCUT2D eigenvalue weighted by molar-refractivity contribution is -0.924. The normalized spacial score (nSPS) is 21.9. The van der Waals surface area contributed by atoms with Crippen LogP contribution in [0.4, 0.5) is 0 Å². The Morgan fingerprint density at radius 1 is 1.12 bits per heavy atom. The molecule has 2 unspecified atom stereocenters. The van der Waals surface area contributed by atoms with E-state index in [4.69, 9.17) is 4.74 Å². The summed E-state index contributed by atoms with van der Waals surface area (Å²) in [5, 5.41) is 0. The number of hydrogen-bond acceptors (Lipinski definition) is 1. The van der Waals surface area contributed by atoms with E-state index in [1.807, 2.05) is 0 Å². The number of nitrogens with zero attached hydrogens (tertiary/aromatic N) is 2. The van der Waals surface area contributed by atoms with E-state index in [9.17, 15) is 0 Å². The van der Waals surface area contributed by atoms with E-state index in [0.29, 0.717) is 12.1 Å². The zero-order valence-corrected chi connectivity index (χ0v) is 17.2. The monoisotopic (exact) mass is 348 g/mol. The van der Waals surface area contributed by atoms with Gasteiger partial charge < -0.3 is 13.7 Å². The van der Waals surface area contributed by atoms with Crippen LogP contribution in [0.5, 0.6) is 0 Å². The third-order valence-corrected chi connectivity index (χ3v) is 6.58. The summed E-state index contributed by atoms with van der Waals surface area (Å²) in [5.74, 6) is 0. The summed E-state index contributed by atoms with van der Waals surface area (Å²) in [4.78, 5) is 0. The van der Waals surface area contributed by atoms with E-state index in [1.165, 1.54) is 44.5 Å². The molecular weight excluding hydrogens is 308 g/mol. The van der Waals surface area contributed by atoms with Crippen molar-refractivity contribution in [2.24, 2.45) is 0 Å². The highest BCUT2D eigenvalue weighted by Crippen LogP contribution is 2.27. The van der Waals surface area contributed by atoms with Crippen molar-refractivity contribution in [2.75, 3.05) is 53.9 Å². The van der Waals surface area contributed by atoms with Crippen LogP contribution in [0.3, 0.4) is 0 Å². The fraction of sp³-hybridized carbons (Fsp3) is 0.727. The minimum Gasteiger partial charge on any atom is -0.366 e. The number of piperidine rings is 1. The Morgan fingerprint density at radius 3 is 2.40 bits per heavy atom. The first-order valence-corrected chi connectivity index (χ1v) is 10.2. The van der Waals surface area contributed by atoms with Gasteiger partial charge in [0.1, 0.15) is 18.7 Å². The highest BCUT2D eigenvalue weighted by Gasteiger charge is 2.38. The van der Waals surface area contributed by atoms with Gasteiger partial charge >= 0.3 is 0 Å². The van der Waals surface area contributed by atoms with E-state index in [-0.39, 0.29) is 0 Å². The number of hydrogen-bond donors (Lipinski definition) is 0. The quantitative estimate of drug-likeness (QED) is 0.618. The first-order chi connectivity index (χ1) is 11.9. The van der Waals surface area contributed by atoms with Crippen LogP contribution in [0, 0.1) is 0 Å². The molecule has 0 aromatic heterocycles. The van der Waals surface area contributed by atoms with Crippen LogP contribution >= 0.6 is 0 Å². The van der Waals surface area contributed by atoms with Gasteiger partial charge in [-0.1, -0.05) is 30.3 Å². The Hall–Kier alpha value is -0.900. The van der Waals surface area contributed by atoms with E-state index in [0.717, 1.165) is 28.5 Å². The predicted molar refractivity (Wildman–Crippen MR) is 107 cm³/mol. The van der Waals surface area contributed by atoms with Gasteiger partial charge in [-0.15, -0.1) is 0 Å². The SMILES string of the molecule is CC[N+](C)(CC)CCOC(Cc1ccccc1)C1CCCC[N+]1(C)C. The predicted octanol–water partition coefficient (Wildman–Crippen LogP) is 3.73. The fourth-order valence-electron chi connectivity index (χ4n) is 4.14. The molecule has 0 saturated carbocycles. The average molecular weight is 349 g/mol. The number of benzene rings is 1. The van der Waals surface area contributed by atoms with Gasteiger partial charge in [0, 0.05) is 12.8 Å². The zero-order valence-electron chi connectivity index (χ0n) is 17.2. The molecule has 1 aliphatic heterocycles. The second kappa shape index (κ2) is 9.16. The van der Waals surface area contributed by atoms with Crippen LogP contribution in [0.25, 0.3) is 0 Å². The molecule has 1 fully saturated rings. The molecule has 0 N–H and O–H groups in total. The lowest BCUT2D eigenvalue weighted by Crippen LogP contribution is -2.58. The molecule has 142 valence electrons. The molecule has 0 spiro atoms. The minimum atomic E-state index is 0.319. The Labute approximate surface area is 155 Å². The topological polar surface area (TPSA) is 9.23 Å². The molecule has 0 bridgehead atoms. The molecule has 1 aromatic rings. The largest absolute Gasteiger partial charge is 0.366 e. The molecule has 1 aromatic carbocycles. The maximum Gasteiger partial charge on any atom is 0.115 e. The molecule has 2 atom stereocenters. The highest BCUT2D eigenvalue weighted by atomic mass is 16.5. The van der Waals surface area contributed by atoms with Crippen molar-refractivity contribution in [3.05, 3.63) is 35.9 Å². The van der Waals surface area contributed by atoms with Crippen molar-refractivity contribution < 1.29 is 13.7 Å². The third kappa shape index (κ3) is 5.80. The van der Waals surface area contributed by atoms with Crippen LogP contribution in [-0.2, 0) is 11.2 Å². The molecule has 0 aliphatic carbocycles. The molecular formula is C22H40N2O+2. The minimum absolute atomic E-state index is 0.319. The Balaban J connectivity index is 2.06. The van der Waals surface area contributed by atoms with E-state index in [1.54, 1.807) is 0 Å². The number of likely N-dealkylation sites (N-methyl/N-ethyl adjacent to an activating group) is 2. The van der Waals surface area contributed by atoms with Gasteiger partial charge in [-0.2, -0.15) is 0 Å². The molecule has 0 radical (unpaired) electrons. The average Bonchev–Trinajstić information content (AvgIpc) is 2.61. The van der Waals surface area contributed by atoms with Gasteiger partial charge in [0.25, 0.3) is 0 Å². The number of rotatable bonds is 9. The molecule has 1 heterocycles. The van der Waals surface area contributed by atoms with Crippen molar-refractivity contribution in [1.29, 1.82) is 0 Å². The molecule has 2 rings (SSSR count). The lowest BCUT2D eigenvalue weighted by Gasteiger charge is -2.45. The fourth-order valence-corrected chi connectivity index (χ4v) is 4.14. The van der Waals surface area contributed by atoms with Crippen molar-refractivity contribution in [1.82, 2.24) is 0 Å². The summed E-state index contributed by atoms with van der Waals surface area (Å²) in [6.45, 7) is 10.2. The Morgan fingerprint density at radius 2 is 1.80 bits per heavy atom. The summed E-state index contributed by atoms with van der Waals surface area (Å²) in [7, 11) is 7.13. The number of quaternary nitrogens is 2. The first kappa shape index (κ1) is 20.4. The molecule has 3 heteroatoms. The van der Waals surface area contributed by atoms with Gasteiger partial charge in [-0.25, -0.2) is 0 Å². The number of likely N-dealkylation sites (tertiary alicyclic amines) is 1. The smallest absolute Gasteiger partial charge is 0.115 e. The molecule has 1 aliphatic rings. The van der Waals surface area contributed by atoms with Gasteiger partial charge in [0.05, 0.1) is 47.4 Å². The molecule has 25 heavy (non-hydrogen) atoms. The Kier molecular flexibility index (Phi) is 7.48. The lowest BCUT2D eigenvalue weighted by atomic mass is 9.91. The van der Waals surface area contributed by atoms with Crippen LogP contribution in [0.15, 0.2) is 30.3 Å². The maximum atomic E-state index is 6.59. The standard InChI is InChI=1S/C22H40N2O/c1-6-24(5,7-2)17-18-25-22(19-20-13-9-8-10-14-20)21-15-11-12-16-23(21,3)4/h8-10,13-14,21-22H,6-7,11-12,15-19H2,1-5H3/q+2. The van der Waals surface area contributed by atoms with Crippen molar-refractivity contribution in [3.8, 4) is 0 Å². The summed E-state index contributed by atoms with van der Waals surface area (Å²) in [6.07, 6.45) is 5.34. The second-order valence-electron chi connectivity index (χ2n) is 8.64. The summed E-state index contributed by atoms with van der Waals surface area (Å²) < 4.78 is 8.79.